The van der Waals surface area contributed by atoms with E-state index < -0.39 is 0 Å². The number of pyridine rings is 1. The van der Waals surface area contributed by atoms with Crippen molar-refractivity contribution < 1.29 is 4.79 Å². The fraction of sp³-hybridized carbons (Fsp3) is 0.474. The lowest BCUT2D eigenvalue weighted by atomic mass is 10.0. The van der Waals surface area contributed by atoms with Crippen molar-refractivity contribution in [3.05, 3.63) is 47.9 Å². The Labute approximate surface area is 154 Å². The maximum Gasteiger partial charge on any atom is 0.271 e. The molecule has 1 aliphatic rings. The van der Waals surface area contributed by atoms with Crippen LogP contribution in [0, 0.1) is 0 Å². The molecule has 0 atom stereocenters. The summed E-state index contributed by atoms with van der Waals surface area (Å²) < 4.78 is 0. The summed E-state index contributed by atoms with van der Waals surface area (Å²) in [5, 5.41) is 10.8. The molecular formula is C19H26N6O. The Bertz CT molecular complexity index is 698. The number of carbonyl (C=O) groups is 1. The standard InChI is InChI=1S/C19H26N6O/c1-20-19(26)17-6-7-18(23-22-17)24(2)16-9-13-25(14-10-16)12-8-15-5-3-4-11-21-15/h3-7,11,16H,8-10,12-14H2,1-2H3,(H,20,26). The zero-order chi connectivity index (χ0) is 18.4. The van der Waals surface area contributed by atoms with Gasteiger partial charge in [-0.2, -0.15) is 0 Å². The summed E-state index contributed by atoms with van der Waals surface area (Å²) in [4.78, 5) is 20.6. The highest BCUT2D eigenvalue weighted by Crippen LogP contribution is 2.20. The third-order valence-electron chi connectivity index (χ3n) is 4.99. The molecule has 2 aromatic rings. The number of aromatic nitrogens is 3. The second-order valence-corrected chi connectivity index (χ2v) is 6.61. The van der Waals surface area contributed by atoms with E-state index in [1.54, 1.807) is 13.1 Å². The predicted molar refractivity (Wildman–Crippen MR) is 101 cm³/mol. The molecule has 1 amide bonds. The molecule has 1 N–H and O–H groups in total. The molecule has 0 saturated carbocycles. The summed E-state index contributed by atoms with van der Waals surface area (Å²) in [6.07, 6.45) is 5.04. The van der Waals surface area contributed by atoms with E-state index >= 15 is 0 Å². The van der Waals surface area contributed by atoms with Gasteiger partial charge in [0.15, 0.2) is 11.5 Å². The van der Waals surface area contributed by atoms with Gasteiger partial charge in [-0.3, -0.25) is 9.78 Å². The molecule has 7 heteroatoms. The van der Waals surface area contributed by atoms with Crippen molar-refractivity contribution in [1.82, 2.24) is 25.4 Å². The molecule has 1 saturated heterocycles. The van der Waals surface area contributed by atoms with E-state index in [-0.39, 0.29) is 5.91 Å². The van der Waals surface area contributed by atoms with Crippen LogP contribution in [-0.4, -0.2) is 65.8 Å². The smallest absolute Gasteiger partial charge is 0.271 e. The Hall–Kier alpha value is -2.54. The van der Waals surface area contributed by atoms with Gasteiger partial charge in [-0.25, -0.2) is 0 Å². The minimum absolute atomic E-state index is 0.215. The van der Waals surface area contributed by atoms with Crippen LogP contribution in [0.25, 0.3) is 0 Å². The topological polar surface area (TPSA) is 74.2 Å². The molecule has 0 unspecified atom stereocenters. The van der Waals surface area contributed by atoms with Gasteiger partial charge in [0.1, 0.15) is 0 Å². The van der Waals surface area contributed by atoms with Crippen molar-refractivity contribution in [2.45, 2.75) is 25.3 Å². The third kappa shape index (κ3) is 4.54. The Morgan fingerprint density at radius 3 is 2.65 bits per heavy atom. The number of piperidine rings is 1. The number of hydrogen-bond donors (Lipinski definition) is 1. The minimum Gasteiger partial charge on any atom is -0.355 e. The second kappa shape index (κ2) is 8.71. The number of carbonyl (C=O) groups excluding carboxylic acids is 1. The third-order valence-corrected chi connectivity index (χ3v) is 4.99. The van der Waals surface area contributed by atoms with Crippen LogP contribution >= 0.6 is 0 Å². The van der Waals surface area contributed by atoms with Crippen molar-refractivity contribution in [3.8, 4) is 0 Å². The van der Waals surface area contributed by atoms with Crippen molar-refractivity contribution in [2.24, 2.45) is 0 Å². The first-order valence-corrected chi connectivity index (χ1v) is 9.08. The van der Waals surface area contributed by atoms with Gasteiger partial charge in [0.2, 0.25) is 0 Å². The van der Waals surface area contributed by atoms with E-state index in [9.17, 15) is 4.79 Å². The number of amides is 1. The maximum atomic E-state index is 11.6. The number of nitrogens with zero attached hydrogens (tertiary/aromatic N) is 5. The Kier molecular flexibility index (Phi) is 6.12. The maximum absolute atomic E-state index is 11.6. The molecule has 0 spiro atoms. The van der Waals surface area contributed by atoms with Crippen LogP contribution in [0.4, 0.5) is 5.82 Å². The van der Waals surface area contributed by atoms with Crippen molar-refractivity contribution >= 4 is 11.7 Å². The largest absolute Gasteiger partial charge is 0.355 e. The fourth-order valence-corrected chi connectivity index (χ4v) is 3.30. The molecule has 1 aliphatic heterocycles. The van der Waals surface area contributed by atoms with Crippen LogP contribution in [0.1, 0.15) is 29.0 Å². The number of hydrogen-bond acceptors (Lipinski definition) is 6. The quantitative estimate of drug-likeness (QED) is 0.845. The van der Waals surface area contributed by atoms with Crippen molar-refractivity contribution in [2.75, 3.05) is 38.6 Å². The molecule has 2 aromatic heterocycles. The van der Waals surface area contributed by atoms with Crippen molar-refractivity contribution in [3.63, 3.8) is 0 Å². The van der Waals surface area contributed by atoms with Gasteiger partial charge in [0, 0.05) is 58.1 Å². The van der Waals surface area contributed by atoms with Gasteiger partial charge >= 0.3 is 0 Å². The van der Waals surface area contributed by atoms with E-state index in [0.29, 0.717) is 11.7 Å². The molecule has 3 rings (SSSR count). The molecule has 0 aromatic carbocycles. The Morgan fingerprint density at radius 1 is 1.23 bits per heavy atom. The summed E-state index contributed by atoms with van der Waals surface area (Å²) >= 11 is 0. The minimum atomic E-state index is -0.215. The average molecular weight is 354 g/mol. The van der Waals surface area contributed by atoms with E-state index in [1.807, 2.05) is 24.4 Å². The van der Waals surface area contributed by atoms with E-state index in [0.717, 1.165) is 50.4 Å². The number of rotatable bonds is 6. The number of likely N-dealkylation sites (tertiary alicyclic amines) is 1. The van der Waals surface area contributed by atoms with Crippen LogP contribution in [0.5, 0.6) is 0 Å². The average Bonchev–Trinajstić information content (AvgIpc) is 2.72. The second-order valence-electron chi connectivity index (χ2n) is 6.61. The van der Waals surface area contributed by atoms with Crippen LogP contribution in [0.3, 0.4) is 0 Å². The summed E-state index contributed by atoms with van der Waals surface area (Å²) in [6, 6.07) is 10.1. The fourth-order valence-electron chi connectivity index (χ4n) is 3.30. The van der Waals surface area contributed by atoms with Gasteiger partial charge in [0.25, 0.3) is 5.91 Å². The first-order valence-electron chi connectivity index (χ1n) is 9.08. The monoisotopic (exact) mass is 354 g/mol. The first kappa shape index (κ1) is 18.3. The molecule has 1 fully saturated rings. The van der Waals surface area contributed by atoms with Crippen LogP contribution < -0.4 is 10.2 Å². The molecule has 3 heterocycles. The summed E-state index contributed by atoms with van der Waals surface area (Å²) in [7, 11) is 3.64. The highest BCUT2D eigenvalue weighted by Gasteiger charge is 2.23. The van der Waals surface area contributed by atoms with Gasteiger partial charge in [-0.05, 0) is 37.1 Å². The number of anilines is 1. The molecule has 7 nitrogen and oxygen atoms in total. The van der Waals surface area contributed by atoms with E-state index in [1.165, 1.54) is 0 Å². The molecular weight excluding hydrogens is 328 g/mol. The summed E-state index contributed by atoms with van der Waals surface area (Å²) in [5.74, 6) is 0.595. The zero-order valence-corrected chi connectivity index (χ0v) is 15.4. The highest BCUT2D eigenvalue weighted by molar-refractivity contribution is 5.91. The molecule has 138 valence electrons. The van der Waals surface area contributed by atoms with Crippen LogP contribution in [0.15, 0.2) is 36.5 Å². The van der Waals surface area contributed by atoms with Crippen LogP contribution in [-0.2, 0) is 6.42 Å². The lowest BCUT2D eigenvalue weighted by Gasteiger charge is -2.37. The molecule has 0 radical (unpaired) electrons. The number of nitrogens with one attached hydrogen (secondary N) is 1. The molecule has 0 aliphatic carbocycles. The normalized spacial score (nSPS) is 15.6. The van der Waals surface area contributed by atoms with E-state index in [4.69, 9.17) is 0 Å². The van der Waals surface area contributed by atoms with Crippen molar-refractivity contribution in [1.29, 1.82) is 0 Å². The predicted octanol–water partition coefficient (Wildman–Crippen LogP) is 1.37. The highest BCUT2D eigenvalue weighted by atomic mass is 16.1. The summed E-state index contributed by atoms with van der Waals surface area (Å²) in [5.41, 5.74) is 1.49. The first-order chi connectivity index (χ1) is 12.7. The van der Waals surface area contributed by atoms with Crippen LogP contribution in [0.2, 0.25) is 0 Å². The summed E-state index contributed by atoms with van der Waals surface area (Å²) in [6.45, 7) is 3.20. The zero-order valence-electron chi connectivity index (χ0n) is 15.4. The van der Waals surface area contributed by atoms with E-state index in [2.05, 4.69) is 43.4 Å². The van der Waals surface area contributed by atoms with Gasteiger partial charge in [-0.15, -0.1) is 10.2 Å². The lowest BCUT2D eigenvalue weighted by molar-refractivity contribution is 0.0957. The Morgan fingerprint density at radius 2 is 2.04 bits per heavy atom. The van der Waals surface area contributed by atoms with Gasteiger partial charge in [-0.1, -0.05) is 6.07 Å². The SMILES string of the molecule is CNC(=O)c1ccc(N(C)C2CCN(CCc3ccccn3)CC2)nn1. The van der Waals surface area contributed by atoms with Gasteiger partial charge in [0.05, 0.1) is 0 Å². The van der Waals surface area contributed by atoms with Gasteiger partial charge < -0.3 is 15.1 Å². The molecule has 0 bridgehead atoms. The molecule has 26 heavy (non-hydrogen) atoms. The lowest BCUT2D eigenvalue weighted by Crippen LogP contribution is -2.44. The Balaban J connectivity index is 1.48.